The van der Waals surface area contributed by atoms with Crippen LogP contribution in [-0.2, 0) is 9.53 Å². The van der Waals surface area contributed by atoms with Gasteiger partial charge < -0.3 is 15.4 Å². The molecule has 0 bridgehead atoms. The standard InChI is InChI=1S/C12H26N2O2/c1-4-9-16-10-5-7-14-12(15)6-8-13-11(2)3/h11,13H,4-10H2,1-3H3,(H,14,15). The fourth-order valence-corrected chi connectivity index (χ4v) is 1.21. The minimum absolute atomic E-state index is 0.114. The van der Waals surface area contributed by atoms with Gasteiger partial charge in [0.1, 0.15) is 0 Å². The molecule has 2 N–H and O–H groups in total. The lowest BCUT2D eigenvalue weighted by atomic mass is 10.3. The summed E-state index contributed by atoms with van der Waals surface area (Å²) >= 11 is 0. The third-order valence-electron chi connectivity index (χ3n) is 2.04. The smallest absolute Gasteiger partial charge is 0.221 e. The number of amides is 1. The summed E-state index contributed by atoms with van der Waals surface area (Å²) in [5, 5.41) is 6.08. The van der Waals surface area contributed by atoms with Gasteiger partial charge in [0.2, 0.25) is 5.91 Å². The molecule has 0 aromatic heterocycles. The number of nitrogens with one attached hydrogen (secondary N) is 2. The van der Waals surface area contributed by atoms with Crippen LogP contribution in [0.5, 0.6) is 0 Å². The maximum absolute atomic E-state index is 11.3. The van der Waals surface area contributed by atoms with Crippen LogP contribution < -0.4 is 10.6 Å². The van der Waals surface area contributed by atoms with E-state index in [-0.39, 0.29) is 5.91 Å². The average Bonchev–Trinajstić information content (AvgIpc) is 2.22. The van der Waals surface area contributed by atoms with Gasteiger partial charge in [-0.2, -0.15) is 0 Å². The maximum Gasteiger partial charge on any atom is 0.221 e. The maximum atomic E-state index is 11.3. The van der Waals surface area contributed by atoms with E-state index in [1.165, 1.54) is 0 Å². The van der Waals surface area contributed by atoms with E-state index < -0.39 is 0 Å². The fourth-order valence-electron chi connectivity index (χ4n) is 1.21. The lowest BCUT2D eigenvalue weighted by Crippen LogP contribution is -2.31. The molecule has 96 valence electrons. The van der Waals surface area contributed by atoms with Gasteiger partial charge in [0.25, 0.3) is 0 Å². The van der Waals surface area contributed by atoms with Crippen LogP contribution in [-0.4, -0.2) is 38.3 Å². The molecular formula is C12H26N2O2. The molecule has 0 spiro atoms. The van der Waals surface area contributed by atoms with Gasteiger partial charge in [-0.15, -0.1) is 0 Å². The second-order valence-electron chi connectivity index (χ2n) is 4.17. The van der Waals surface area contributed by atoms with Crippen molar-refractivity contribution in [2.45, 2.75) is 46.1 Å². The molecule has 0 rings (SSSR count). The summed E-state index contributed by atoms with van der Waals surface area (Å²) in [6.45, 7) is 9.24. The predicted molar refractivity (Wildman–Crippen MR) is 66.5 cm³/mol. The van der Waals surface area contributed by atoms with Gasteiger partial charge in [0, 0.05) is 38.8 Å². The molecule has 0 unspecified atom stereocenters. The lowest BCUT2D eigenvalue weighted by molar-refractivity contribution is -0.121. The van der Waals surface area contributed by atoms with E-state index in [0.717, 1.165) is 32.6 Å². The summed E-state index contributed by atoms with van der Waals surface area (Å²) in [6, 6.07) is 0.440. The molecule has 0 saturated heterocycles. The molecule has 0 aromatic rings. The zero-order chi connectivity index (χ0) is 12.2. The number of hydrogen-bond acceptors (Lipinski definition) is 3. The van der Waals surface area contributed by atoms with E-state index in [0.29, 0.717) is 19.0 Å². The largest absolute Gasteiger partial charge is 0.381 e. The molecular weight excluding hydrogens is 204 g/mol. The van der Waals surface area contributed by atoms with Crippen LogP contribution in [0.4, 0.5) is 0 Å². The molecule has 0 atom stereocenters. The summed E-state index contributed by atoms with van der Waals surface area (Å²) in [5.74, 6) is 0.114. The van der Waals surface area contributed by atoms with Crippen LogP contribution >= 0.6 is 0 Å². The molecule has 0 fully saturated rings. The van der Waals surface area contributed by atoms with Gasteiger partial charge in [0.05, 0.1) is 0 Å². The number of carbonyl (C=O) groups is 1. The van der Waals surface area contributed by atoms with Crippen molar-refractivity contribution in [3.05, 3.63) is 0 Å². The van der Waals surface area contributed by atoms with E-state index in [4.69, 9.17) is 4.74 Å². The molecule has 0 heterocycles. The van der Waals surface area contributed by atoms with Crippen molar-refractivity contribution in [2.75, 3.05) is 26.3 Å². The SMILES string of the molecule is CCCOCCCNC(=O)CCNC(C)C. The van der Waals surface area contributed by atoms with E-state index in [2.05, 4.69) is 31.4 Å². The average molecular weight is 230 g/mol. The molecule has 0 saturated carbocycles. The van der Waals surface area contributed by atoms with E-state index in [1.807, 2.05) is 0 Å². The predicted octanol–water partition coefficient (Wildman–Crippen LogP) is 1.31. The van der Waals surface area contributed by atoms with Crippen LogP contribution in [0.3, 0.4) is 0 Å². The van der Waals surface area contributed by atoms with Crippen LogP contribution in [0.2, 0.25) is 0 Å². The summed E-state index contributed by atoms with van der Waals surface area (Å²) in [6.07, 6.45) is 2.49. The van der Waals surface area contributed by atoms with E-state index in [1.54, 1.807) is 0 Å². The van der Waals surface area contributed by atoms with E-state index >= 15 is 0 Å². The number of carbonyl (C=O) groups excluding carboxylic acids is 1. The monoisotopic (exact) mass is 230 g/mol. The summed E-state index contributed by atoms with van der Waals surface area (Å²) in [4.78, 5) is 11.3. The quantitative estimate of drug-likeness (QED) is 0.556. The van der Waals surface area contributed by atoms with Crippen molar-refractivity contribution in [3.8, 4) is 0 Å². The Labute approximate surface area is 99.1 Å². The van der Waals surface area contributed by atoms with Gasteiger partial charge >= 0.3 is 0 Å². The molecule has 4 nitrogen and oxygen atoms in total. The van der Waals surface area contributed by atoms with Crippen molar-refractivity contribution >= 4 is 5.91 Å². The summed E-state index contributed by atoms with van der Waals surface area (Å²) < 4.78 is 5.31. The Bertz CT molecular complexity index is 172. The van der Waals surface area contributed by atoms with Crippen molar-refractivity contribution in [3.63, 3.8) is 0 Å². The second kappa shape index (κ2) is 10.9. The second-order valence-corrected chi connectivity index (χ2v) is 4.17. The first kappa shape index (κ1) is 15.4. The lowest BCUT2D eigenvalue weighted by Gasteiger charge is -2.08. The zero-order valence-corrected chi connectivity index (χ0v) is 10.8. The number of rotatable bonds is 10. The van der Waals surface area contributed by atoms with Gasteiger partial charge in [-0.25, -0.2) is 0 Å². The molecule has 0 aliphatic heterocycles. The van der Waals surface area contributed by atoms with Gasteiger partial charge in [-0.05, 0) is 12.8 Å². The van der Waals surface area contributed by atoms with Gasteiger partial charge in [-0.1, -0.05) is 20.8 Å². The highest BCUT2D eigenvalue weighted by molar-refractivity contribution is 5.75. The highest BCUT2D eigenvalue weighted by atomic mass is 16.5. The normalized spacial score (nSPS) is 10.8. The Balaban J connectivity index is 3.17. The molecule has 1 amide bonds. The first-order chi connectivity index (χ1) is 7.66. The summed E-state index contributed by atoms with van der Waals surface area (Å²) in [7, 11) is 0. The summed E-state index contributed by atoms with van der Waals surface area (Å²) in [5.41, 5.74) is 0. The first-order valence-electron chi connectivity index (χ1n) is 6.24. The van der Waals surface area contributed by atoms with Crippen LogP contribution in [0, 0.1) is 0 Å². The highest BCUT2D eigenvalue weighted by Crippen LogP contribution is 1.85. The topological polar surface area (TPSA) is 50.4 Å². The minimum atomic E-state index is 0.114. The molecule has 0 radical (unpaired) electrons. The first-order valence-corrected chi connectivity index (χ1v) is 6.24. The Hall–Kier alpha value is -0.610. The minimum Gasteiger partial charge on any atom is -0.381 e. The number of ether oxygens (including phenoxy) is 1. The molecule has 4 heteroatoms. The molecule has 0 aliphatic rings. The van der Waals surface area contributed by atoms with Crippen LogP contribution in [0.1, 0.15) is 40.0 Å². The highest BCUT2D eigenvalue weighted by Gasteiger charge is 2.00. The third kappa shape index (κ3) is 11.5. The Kier molecular flexibility index (Phi) is 10.5. The van der Waals surface area contributed by atoms with Crippen molar-refractivity contribution in [1.82, 2.24) is 10.6 Å². The third-order valence-corrected chi connectivity index (χ3v) is 2.04. The molecule has 0 aromatic carbocycles. The van der Waals surface area contributed by atoms with Gasteiger partial charge in [0.15, 0.2) is 0 Å². The van der Waals surface area contributed by atoms with Crippen LogP contribution in [0.15, 0.2) is 0 Å². The Morgan fingerprint density at radius 2 is 2.00 bits per heavy atom. The van der Waals surface area contributed by atoms with E-state index in [9.17, 15) is 4.79 Å². The van der Waals surface area contributed by atoms with Gasteiger partial charge in [-0.3, -0.25) is 4.79 Å². The van der Waals surface area contributed by atoms with Crippen molar-refractivity contribution < 1.29 is 9.53 Å². The number of hydrogen-bond donors (Lipinski definition) is 2. The zero-order valence-electron chi connectivity index (χ0n) is 10.8. The fraction of sp³-hybridized carbons (Fsp3) is 0.917. The van der Waals surface area contributed by atoms with Crippen molar-refractivity contribution in [1.29, 1.82) is 0 Å². The molecule has 0 aliphatic carbocycles. The van der Waals surface area contributed by atoms with Crippen molar-refractivity contribution in [2.24, 2.45) is 0 Å². The van der Waals surface area contributed by atoms with Crippen LogP contribution in [0.25, 0.3) is 0 Å². The Morgan fingerprint density at radius 1 is 1.25 bits per heavy atom. The molecule has 16 heavy (non-hydrogen) atoms. The Morgan fingerprint density at radius 3 is 2.62 bits per heavy atom.